The highest BCUT2D eigenvalue weighted by Gasteiger charge is 2.46. The lowest BCUT2D eigenvalue weighted by molar-refractivity contribution is -0.159. The molecule has 2 fully saturated rings. The number of carbonyl (C=O) groups is 2. The van der Waals surface area contributed by atoms with Gasteiger partial charge in [-0.05, 0) is 31.9 Å². The predicted octanol–water partition coefficient (Wildman–Crippen LogP) is 1.46. The predicted molar refractivity (Wildman–Crippen MR) is 84.5 cm³/mol. The Balaban J connectivity index is 1.55. The largest absolute Gasteiger partial charge is 0.334 e. The molecule has 24 heavy (non-hydrogen) atoms. The van der Waals surface area contributed by atoms with Crippen LogP contribution in [0.4, 0.5) is 0 Å². The summed E-state index contributed by atoms with van der Waals surface area (Å²) in [6.45, 7) is 2.62. The van der Waals surface area contributed by atoms with Crippen molar-refractivity contribution in [3.8, 4) is 11.5 Å². The van der Waals surface area contributed by atoms with Crippen molar-refractivity contribution in [2.24, 2.45) is 0 Å². The van der Waals surface area contributed by atoms with Gasteiger partial charge in [-0.3, -0.25) is 9.59 Å². The minimum atomic E-state index is -0.495. The van der Waals surface area contributed by atoms with Crippen molar-refractivity contribution in [2.45, 2.75) is 38.4 Å². The van der Waals surface area contributed by atoms with Crippen LogP contribution in [0.2, 0.25) is 0 Å². The van der Waals surface area contributed by atoms with Crippen molar-refractivity contribution in [1.29, 1.82) is 0 Å². The van der Waals surface area contributed by atoms with E-state index < -0.39 is 6.04 Å². The molecule has 2 saturated heterocycles. The van der Waals surface area contributed by atoms with Gasteiger partial charge < -0.3 is 14.3 Å². The summed E-state index contributed by atoms with van der Waals surface area (Å²) < 4.78 is 5.28. The van der Waals surface area contributed by atoms with E-state index in [2.05, 4.69) is 10.1 Å². The van der Waals surface area contributed by atoms with E-state index in [1.165, 1.54) is 0 Å². The standard InChI is InChI=1S/C17H18N4O3/c1-11-16(22)20-9-5-8-13(20)17(23)21(11)10-14-18-15(24-19-14)12-6-3-2-4-7-12/h2-4,6-7,11,13H,5,8-10H2,1H3/t11-,13+/m0/s1. The Bertz CT molecular complexity index is 773. The van der Waals surface area contributed by atoms with E-state index in [0.29, 0.717) is 18.3 Å². The molecule has 0 unspecified atom stereocenters. The van der Waals surface area contributed by atoms with Gasteiger partial charge in [0.1, 0.15) is 12.1 Å². The number of benzene rings is 1. The number of nitrogens with zero attached hydrogens (tertiary/aromatic N) is 4. The molecule has 0 aliphatic carbocycles. The second-order valence-electron chi connectivity index (χ2n) is 6.21. The molecule has 2 aromatic rings. The van der Waals surface area contributed by atoms with Gasteiger partial charge in [0.25, 0.3) is 5.89 Å². The molecule has 0 radical (unpaired) electrons. The van der Waals surface area contributed by atoms with Crippen molar-refractivity contribution in [2.75, 3.05) is 6.54 Å². The molecule has 0 spiro atoms. The molecule has 7 heteroatoms. The summed E-state index contributed by atoms with van der Waals surface area (Å²) in [5.74, 6) is 0.805. The number of hydrogen-bond donors (Lipinski definition) is 0. The molecule has 2 atom stereocenters. The zero-order valence-electron chi connectivity index (χ0n) is 13.4. The second kappa shape index (κ2) is 5.74. The van der Waals surface area contributed by atoms with Crippen LogP contribution >= 0.6 is 0 Å². The molecular formula is C17H18N4O3. The van der Waals surface area contributed by atoms with Gasteiger partial charge in [0.15, 0.2) is 5.82 Å². The van der Waals surface area contributed by atoms with Crippen molar-refractivity contribution in [3.63, 3.8) is 0 Å². The third-order valence-electron chi connectivity index (χ3n) is 4.73. The van der Waals surface area contributed by atoms with Gasteiger partial charge in [0.2, 0.25) is 11.8 Å². The van der Waals surface area contributed by atoms with Crippen LogP contribution in [0.1, 0.15) is 25.6 Å². The molecule has 0 saturated carbocycles. The van der Waals surface area contributed by atoms with Crippen molar-refractivity contribution >= 4 is 11.8 Å². The highest BCUT2D eigenvalue weighted by Crippen LogP contribution is 2.28. The maximum Gasteiger partial charge on any atom is 0.257 e. The zero-order valence-corrected chi connectivity index (χ0v) is 13.4. The van der Waals surface area contributed by atoms with Gasteiger partial charge in [-0.15, -0.1) is 0 Å². The Kier molecular flexibility index (Phi) is 3.55. The third-order valence-corrected chi connectivity index (χ3v) is 4.73. The lowest BCUT2D eigenvalue weighted by Gasteiger charge is -2.40. The maximum absolute atomic E-state index is 12.7. The number of hydrogen-bond acceptors (Lipinski definition) is 5. The highest BCUT2D eigenvalue weighted by molar-refractivity contribution is 5.97. The molecule has 2 aliphatic heterocycles. The smallest absolute Gasteiger partial charge is 0.257 e. The summed E-state index contributed by atoms with van der Waals surface area (Å²) in [6, 6.07) is 8.64. The Morgan fingerprint density at radius 3 is 2.79 bits per heavy atom. The monoisotopic (exact) mass is 326 g/mol. The van der Waals surface area contributed by atoms with E-state index in [1.54, 1.807) is 16.7 Å². The molecular weight excluding hydrogens is 308 g/mol. The van der Waals surface area contributed by atoms with Crippen molar-refractivity contribution < 1.29 is 14.1 Å². The summed E-state index contributed by atoms with van der Waals surface area (Å²) in [4.78, 5) is 32.8. The van der Waals surface area contributed by atoms with E-state index in [9.17, 15) is 9.59 Å². The lowest BCUT2D eigenvalue weighted by Crippen LogP contribution is -2.61. The average Bonchev–Trinajstić information content (AvgIpc) is 3.27. The first-order chi connectivity index (χ1) is 11.6. The Labute approximate surface area is 139 Å². The molecule has 1 aromatic heterocycles. The molecule has 3 heterocycles. The van der Waals surface area contributed by atoms with E-state index in [0.717, 1.165) is 18.4 Å². The van der Waals surface area contributed by atoms with Crippen molar-refractivity contribution in [3.05, 3.63) is 36.2 Å². The first kappa shape index (κ1) is 14.9. The minimum absolute atomic E-state index is 0.00359. The summed E-state index contributed by atoms with van der Waals surface area (Å²) in [6.07, 6.45) is 1.61. The molecule has 7 nitrogen and oxygen atoms in total. The van der Waals surface area contributed by atoms with Crippen LogP contribution in [0.3, 0.4) is 0 Å². The van der Waals surface area contributed by atoms with Gasteiger partial charge in [0.05, 0.1) is 6.54 Å². The summed E-state index contributed by atoms with van der Waals surface area (Å²) in [5, 5.41) is 3.96. The second-order valence-corrected chi connectivity index (χ2v) is 6.21. The first-order valence-electron chi connectivity index (χ1n) is 8.14. The van der Waals surface area contributed by atoms with Crippen LogP contribution in [0, 0.1) is 0 Å². The maximum atomic E-state index is 12.7. The summed E-state index contributed by atoms with van der Waals surface area (Å²) in [7, 11) is 0. The highest BCUT2D eigenvalue weighted by atomic mass is 16.5. The van der Waals surface area contributed by atoms with E-state index in [-0.39, 0.29) is 24.4 Å². The van der Waals surface area contributed by atoms with Crippen LogP contribution in [0.25, 0.3) is 11.5 Å². The fraction of sp³-hybridized carbons (Fsp3) is 0.412. The van der Waals surface area contributed by atoms with Gasteiger partial charge in [-0.25, -0.2) is 0 Å². The molecule has 4 rings (SSSR count). The number of fused-ring (bicyclic) bond motifs is 1. The fourth-order valence-electron chi connectivity index (χ4n) is 3.43. The molecule has 2 aliphatic rings. The molecule has 124 valence electrons. The van der Waals surface area contributed by atoms with E-state index in [1.807, 2.05) is 30.3 Å². The minimum Gasteiger partial charge on any atom is -0.334 e. The number of amides is 2. The first-order valence-corrected chi connectivity index (χ1v) is 8.14. The van der Waals surface area contributed by atoms with Crippen LogP contribution in [0.15, 0.2) is 34.9 Å². The van der Waals surface area contributed by atoms with E-state index >= 15 is 0 Å². The van der Waals surface area contributed by atoms with Gasteiger partial charge in [0, 0.05) is 12.1 Å². The van der Waals surface area contributed by atoms with Gasteiger partial charge in [-0.1, -0.05) is 23.4 Å². The molecule has 2 amide bonds. The fourth-order valence-corrected chi connectivity index (χ4v) is 3.43. The lowest BCUT2D eigenvalue weighted by atomic mass is 10.1. The van der Waals surface area contributed by atoms with Gasteiger partial charge in [-0.2, -0.15) is 4.98 Å². The zero-order chi connectivity index (χ0) is 16.7. The SMILES string of the molecule is C[C@H]1C(=O)N2CCC[C@@H]2C(=O)N1Cc1noc(-c2ccccc2)n1. The number of carbonyl (C=O) groups excluding carboxylic acids is 2. The molecule has 0 bridgehead atoms. The summed E-state index contributed by atoms with van der Waals surface area (Å²) >= 11 is 0. The normalized spacial score (nSPS) is 23.7. The third kappa shape index (κ3) is 2.36. The van der Waals surface area contributed by atoms with Crippen LogP contribution in [-0.2, 0) is 16.1 Å². The summed E-state index contributed by atoms with van der Waals surface area (Å²) in [5.41, 5.74) is 0.826. The molecule has 1 aromatic carbocycles. The number of rotatable bonds is 3. The topological polar surface area (TPSA) is 79.5 Å². The Morgan fingerprint density at radius 2 is 2.00 bits per heavy atom. The number of piperazine rings is 1. The van der Waals surface area contributed by atoms with Gasteiger partial charge >= 0.3 is 0 Å². The van der Waals surface area contributed by atoms with Crippen molar-refractivity contribution in [1.82, 2.24) is 19.9 Å². The Morgan fingerprint density at radius 1 is 1.21 bits per heavy atom. The van der Waals surface area contributed by atoms with E-state index in [4.69, 9.17) is 4.52 Å². The Hall–Kier alpha value is -2.70. The molecule has 0 N–H and O–H groups in total. The van der Waals surface area contributed by atoms with Crippen LogP contribution < -0.4 is 0 Å². The quantitative estimate of drug-likeness (QED) is 0.853. The average molecular weight is 326 g/mol. The van der Waals surface area contributed by atoms with Crippen LogP contribution in [-0.4, -0.2) is 50.4 Å². The van der Waals surface area contributed by atoms with Crippen LogP contribution in [0.5, 0.6) is 0 Å². The number of aromatic nitrogens is 2.